The van der Waals surface area contributed by atoms with Gasteiger partial charge in [-0.3, -0.25) is 66.6 Å². The third-order valence-corrected chi connectivity index (χ3v) is 18.8. The van der Waals surface area contributed by atoms with E-state index in [0.717, 1.165) is 34.2 Å². The van der Waals surface area contributed by atoms with Crippen LogP contribution in [0.1, 0.15) is 17.8 Å². The maximum atomic E-state index is 13.5. The van der Waals surface area contributed by atoms with E-state index in [4.69, 9.17) is 0 Å². The Kier molecular flexibility index (Phi) is 24.4. The van der Waals surface area contributed by atoms with Crippen LogP contribution >= 0.6 is 30.4 Å². The fourth-order valence-electron chi connectivity index (χ4n) is 7.22. The Morgan fingerprint density at radius 3 is 1.19 bits per heavy atom. The maximum absolute atomic E-state index is 13.5. The number of carbonyl (C=O) groups excluding carboxylic acids is 3. The van der Waals surface area contributed by atoms with Crippen molar-refractivity contribution in [2.75, 3.05) is 105 Å². The van der Waals surface area contributed by atoms with Crippen LogP contribution in [0.15, 0.2) is 25.0 Å². The number of amides is 3. The lowest BCUT2D eigenvalue weighted by atomic mass is 10.1. The third-order valence-electron chi connectivity index (χ3n) is 11.3. The van der Waals surface area contributed by atoms with Gasteiger partial charge in [-0.1, -0.05) is 0 Å². The van der Waals surface area contributed by atoms with Crippen molar-refractivity contribution in [1.82, 2.24) is 60.0 Å². The molecule has 75 heavy (non-hydrogen) atoms. The minimum Gasteiger partial charge on any atom is -0.480 e. The molecular weight excluding hydrogens is 1090 g/mol. The summed E-state index contributed by atoms with van der Waals surface area (Å²) in [5, 5.41) is 52.0. The molecule has 3 heterocycles. The second-order valence-electron chi connectivity index (χ2n) is 17.3. The first-order chi connectivity index (χ1) is 34.6. The molecule has 39 heteroatoms. The van der Waals surface area contributed by atoms with E-state index >= 15 is 0 Å². The average Bonchev–Trinajstić information content (AvgIpc) is 3.91. The molecule has 0 radical (unpaired) electrons. The molecule has 1 aliphatic rings. The summed E-state index contributed by atoms with van der Waals surface area (Å²) in [5.41, 5.74) is 0.263. The lowest BCUT2D eigenvalue weighted by Crippen LogP contribution is -2.51. The van der Waals surface area contributed by atoms with E-state index in [1.807, 2.05) is 0 Å². The van der Waals surface area contributed by atoms with E-state index < -0.39 is 102 Å². The monoisotopic (exact) mass is 1160 g/mol. The highest BCUT2D eigenvalue weighted by Gasteiger charge is 2.60. The van der Waals surface area contributed by atoms with Crippen LogP contribution in [0, 0.1) is 0 Å². The third kappa shape index (κ3) is 21.1. The Bertz CT molecular complexity index is 2400. The van der Waals surface area contributed by atoms with Crippen molar-refractivity contribution >= 4 is 66.0 Å². The summed E-state index contributed by atoms with van der Waals surface area (Å²) in [6.07, 6.45) is 3.36. The van der Waals surface area contributed by atoms with E-state index in [1.165, 1.54) is 0 Å². The first-order valence-corrected chi connectivity index (χ1v) is 28.8. The standard InChI is InChI=1S/C36H64N12O23P4/c49-29(38-3-1-26-16-47(24-41-26)22-35(58,72(60,61)62)73(63,64)65)15-28(34(57)40-4-2-27-17-48(25-42-27)23-36(59,74(66,67)68)75(69,70)71)37-5-6-39-30(50)18-43-7-9-44(19-31(51)52)11-13-46(21-33(55)56)14-12-45(10-8-43)20-32(53)54/h16-17,24-25,28,37,58-59H,1-15,18-23H2,(H,38,49)(H,39,50)(H,40,57)(H,51,52)(H,53,54)(H,55,56)(H2,60,61,62)(H2,63,64,65)(H2,66,67,68)(H2,69,70,71). The summed E-state index contributed by atoms with van der Waals surface area (Å²) in [6, 6.07) is -1.31. The number of nitrogens with zero attached hydrogens (tertiary/aromatic N) is 8. The van der Waals surface area contributed by atoms with Crippen LogP contribution in [0.4, 0.5) is 0 Å². The molecule has 0 saturated carbocycles. The number of nitrogens with one attached hydrogen (secondary N) is 4. The SMILES string of the molecule is O=C(O)CN1CCN(CC(=O)O)CCN(CC(=O)NCCNC(CC(=O)NCCc2cn(CC(O)(P(=O)(O)O)P(=O)(O)O)cn2)C(=O)NCCc2cn(CC(O)(P(=O)(O)O)P(=O)(O)O)cn2)CCN(CC(=O)O)CC1. The Hall–Kier alpha value is -4.44. The number of aliphatic hydroxyl groups is 2. The largest absolute Gasteiger partial charge is 0.480 e. The van der Waals surface area contributed by atoms with Gasteiger partial charge in [-0.05, 0) is 0 Å². The molecule has 1 fully saturated rings. The molecule has 2 aromatic rings. The van der Waals surface area contributed by atoms with Crippen molar-refractivity contribution < 1.29 is 112 Å². The second kappa shape index (κ2) is 28.3. The van der Waals surface area contributed by atoms with E-state index in [1.54, 1.807) is 19.6 Å². The van der Waals surface area contributed by atoms with Crippen LogP contribution in [-0.4, -0.2) is 260 Å². The highest BCUT2D eigenvalue weighted by atomic mass is 31.2. The Balaban J connectivity index is 1.69. The van der Waals surface area contributed by atoms with Crippen LogP contribution in [0.2, 0.25) is 0 Å². The Morgan fingerprint density at radius 1 is 0.507 bits per heavy atom. The van der Waals surface area contributed by atoms with Crippen molar-refractivity contribution in [3.63, 3.8) is 0 Å². The van der Waals surface area contributed by atoms with Gasteiger partial charge in [-0.2, -0.15) is 0 Å². The summed E-state index contributed by atoms with van der Waals surface area (Å²) >= 11 is 0. The number of hydrogen-bond donors (Lipinski definition) is 17. The fraction of sp³-hybridized carbons (Fsp3) is 0.667. The number of rotatable bonds is 29. The molecule has 3 rings (SSSR count). The number of aliphatic carboxylic acids is 3. The molecule has 0 aliphatic carbocycles. The molecule has 17 N–H and O–H groups in total. The van der Waals surface area contributed by atoms with Gasteiger partial charge >= 0.3 is 48.3 Å². The van der Waals surface area contributed by atoms with Crippen molar-refractivity contribution in [2.45, 2.75) is 48.6 Å². The molecular formula is C36H64N12O23P4. The molecule has 35 nitrogen and oxygen atoms in total. The molecule has 2 aromatic heterocycles. The normalized spacial score (nSPS) is 16.3. The molecule has 1 unspecified atom stereocenters. The first kappa shape index (κ1) is 64.8. The van der Waals surface area contributed by atoms with Crippen molar-refractivity contribution in [3.8, 4) is 0 Å². The van der Waals surface area contributed by atoms with Gasteiger partial charge in [0.2, 0.25) is 17.7 Å². The zero-order chi connectivity index (χ0) is 56.6. The number of aromatic nitrogens is 4. The van der Waals surface area contributed by atoms with Gasteiger partial charge in [0.15, 0.2) is 0 Å². The minimum absolute atomic E-state index is 0.0662. The average molecular weight is 1160 g/mol. The molecule has 1 saturated heterocycles. The van der Waals surface area contributed by atoms with Crippen molar-refractivity contribution in [3.05, 3.63) is 36.4 Å². The van der Waals surface area contributed by atoms with Gasteiger partial charge in [-0.15, -0.1) is 0 Å². The molecule has 426 valence electrons. The van der Waals surface area contributed by atoms with Gasteiger partial charge in [0.25, 0.3) is 10.2 Å². The predicted molar refractivity (Wildman–Crippen MR) is 254 cm³/mol. The summed E-state index contributed by atoms with van der Waals surface area (Å²) in [6.45, 7) is -3.24. The maximum Gasteiger partial charge on any atom is 0.371 e. The van der Waals surface area contributed by atoms with E-state index in [0.29, 0.717) is 0 Å². The summed E-state index contributed by atoms with van der Waals surface area (Å²) in [7, 11) is -23.2. The number of imidazole rings is 2. The zero-order valence-corrected chi connectivity index (χ0v) is 43.6. The quantitative estimate of drug-likeness (QED) is 0.0266. The lowest BCUT2D eigenvalue weighted by Gasteiger charge is -2.32. The van der Waals surface area contributed by atoms with Crippen LogP contribution < -0.4 is 21.3 Å². The topological polar surface area (TPSA) is 530 Å². The highest BCUT2D eigenvalue weighted by Crippen LogP contribution is 2.69. The summed E-state index contributed by atoms with van der Waals surface area (Å²) < 4.78 is 48.8. The minimum atomic E-state index is -5.80. The van der Waals surface area contributed by atoms with Crippen molar-refractivity contribution in [2.24, 2.45) is 0 Å². The van der Waals surface area contributed by atoms with Gasteiger partial charge in [0.05, 0.1) is 75.8 Å². The van der Waals surface area contributed by atoms with E-state index in [2.05, 4.69) is 31.2 Å². The zero-order valence-electron chi connectivity index (χ0n) is 40.0. The Labute approximate surface area is 426 Å². The van der Waals surface area contributed by atoms with Crippen molar-refractivity contribution in [1.29, 1.82) is 0 Å². The number of carbonyl (C=O) groups is 6. The molecule has 3 amide bonds. The highest BCUT2D eigenvalue weighted by molar-refractivity contribution is 7.72. The molecule has 0 bridgehead atoms. The first-order valence-electron chi connectivity index (χ1n) is 22.4. The fourth-order valence-corrected chi connectivity index (χ4v) is 11.3. The number of hydrogen-bond acceptors (Lipinski definition) is 19. The lowest BCUT2D eigenvalue weighted by molar-refractivity contribution is -0.140. The number of carboxylic acids is 3. The molecule has 1 atom stereocenters. The van der Waals surface area contributed by atoms with Crippen LogP contribution in [0.5, 0.6) is 0 Å². The van der Waals surface area contributed by atoms with Crippen LogP contribution in [-0.2, 0) is 73.0 Å². The summed E-state index contributed by atoms with van der Waals surface area (Å²) in [4.78, 5) is 165. The van der Waals surface area contributed by atoms with Gasteiger partial charge < -0.3 is 95.1 Å². The predicted octanol–water partition coefficient (Wildman–Crippen LogP) is -6.96. The van der Waals surface area contributed by atoms with Gasteiger partial charge in [0.1, 0.15) is 0 Å². The van der Waals surface area contributed by atoms with Gasteiger partial charge in [0, 0.05) is 104 Å². The van der Waals surface area contributed by atoms with Gasteiger partial charge in [-0.25, -0.2) is 9.97 Å². The molecule has 1 aliphatic heterocycles. The molecule has 0 spiro atoms. The van der Waals surface area contributed by atoms with Crippen LogP contribution in [0.25, 0.3) is 0 Å². The summed E-state index contributed by atoms with van der Waals surface area (Å²) in [5.74, 6) is -5.41. The molecule has 0 aromatic carbocycles. The van der Waals surface area contributed by atoms with Crippen LogP contribution in [0.3, 0.4) is 0 Å². The number of carboxylic acid groups (broad SMARTS) is 3. The smallest absolute Gasteiger partial charge is 0.371 e. The van der Waals surface area contributed by atoms with E-state index in [-0.39, 0.29) is 129 Å². The Morgan fingerprint density at radius 2 is 0.840 bits per heavy atom. The van der Waals surface area contributed by atoms with E-state index in [9.17, 15) is 112 Å². The second-order valence-corrected chi connectivity index (χ2v) is 25.3.